The standard InChI is InChI=1S/C15H14N4/c1-11-7-15(5-6-17-11)19-10-13(9-18-19)12-3-2-4-14(16)8-12/h2-10H,16H2,1H3. The highest BCUT2D eigenvalue weighted by molar-refractivity contribution is 5.66. The molecule has 3 rings (SSSR count). The van der Waals surface area contributed by atoms with Crippen LogP contribution in [0.25, 0.3) is 16.8 Å². The maximum Gasteiger partial charge on any atom is 0.0679 e. The molecule has 2 N–H and O–H groups in total. The van der Waals surface area contributed by atoms with E-state index in [1.54, 1.807) is 6.20 Å². The third-order valence-electron chi connectivity index (χ3n) is 2.95. The summed E-state index contributed by atoms with van der Waals surface area (Å²) in [7, 11) is 0. The highest BCUT2D eigenvalue weighted by atomic mass is 15.3. The van der Waals surface area contributed by atoms with Crippen LogP contribution in [0.2, 0.25) is 0 Å². The topological polar surface area (TPSA) is 56.7 Å². The maximum absolute atomic E-state index is 5.80. The van der Waals surface area contributed by atoms with E-state index in [9.17, 15) is 0 Å². The quantitative estimate of drug-likeness (QED) is 0.711. The number of hydrogen-bond donors (Lipinski definition) is 1. The molecule has 2 heterocycles. The third kappa shape index (κ3) is 2.33. The third-order valence-corrected chi connectivity index (χ3v) is 2.95. The van der Waals surface area contributed by atoms with Gasteiger partial charge in [-0.05, 0) is 36.8 Å². The molecule has 0 radical (unpaired) electrons. The Morgan fingerprint density at radius 3 is 2.79 bits per heavy atom. The van der Waals surface area contributed by atoms with Crippen molar-refractivity contribution in [3.63, 3.8) is 0 Å². The van der Waals surface area contributed by atoms with Crippen molar-refractivity contribution in [3.8, 4) is 16.8 Å². The van der Waals surface area contributed by atoms with Crippen LogP contribution in [0.3, 0.4) is 0 Å². The molecule has 0 saturated carbocycles. The normalized spacial score (nSPS) is 10.6. The Labute approximate surface area is 111 Å². The molecule has 0 aliphatic carbocycles. The van der Waals surface area contributed by atoms with E-state index in [1.165, 1.54) is 0 Å². The lowest BCUT2D eigenvalue weighted by atomic mass is 10.1. The average Bonchev–Trinajstić information content (AvgIpc) is 2.88. The Bertz CT molecular complexity index is 655. The van der Waals surface area contributed by atoms with Gasteiger partial charge in [0, 0.05) is 29.3 Å². The molecule has 0 saturated heterocycles. The van der Waals surface area contributed by atoms with Crippen molar-refractivity contribution in [2.75, 3.05) is 5.73 Å². The first-order valence-corrected chi connectivity index (χ1v) is 6.06. The van der Waals surface area contributed by atoms with Gasteiger partial charge in [0.2, 0.25) is 0 Å². The molecule has 3 aromatic rings. The molecule has 0 unspecified atom stereocenters. The van der Waals surface area contributed by atoms with Crippen LogP contribution in [-0.4, -0.2) is 14.8 Å². The minimum atomic E-state index is 0.755. The van der Waals surface area contributed by atoms with Gasteiger partial charge < -0.3 is 5.73 Å². The maximum atomic E-state index is 5.80. The van der Waals surface area contributed by atoms with Crippen LogP contribution in [-0.2, 0) is 0 Å². The second-order valence-corrected chi connectivity index (χ2v) is 4.45. The van der Waals surface area contributed by atoms with E-state index in [1.807, 2.05) is 60.4 Å². The summed E-state index contributed by atoms with van der Waals surface area (Å²) in [5.41, 5.74) is 10.6. The molecule has 0 spiro atoms. The average molecular weight is 250 g/mol. The zero-order chi connectivity index (χ0) is 13.2. The lowest BCUT2D eigenvalue weighted by molar-refractivity contribution is 0.875. The number of hydrogen-bond acceptors (Lipinski definition) is 3. The zero-order valence-electron chi connectivity index (χ0n) is 10.6. The SMILES string of the molecule is Cc1cc(-n2cc(-c3cccc(N)c3)cn2)ccn1. The Hall–Kier alpha value is -2.62. The van der Waals surface area contributed by atoms with Crippen molar-refractivity contribution in [3.05, 3.63) is 60.7 Å². The first-order valence-electron chi connectivity index (χ1n) is 6.06. The number of rotatable bonds is 2. The summed E-state index contributed by atoms with van der Waals surface area (Å²) in [5, 5.41) is 4.38. The molecule has 0 aliphatic heterocycles. The number of nitrogens with two attached hydrogens (primary N) is 1. The van der Waals surface area contributed by atoms with Gasteiger partial charge in [0.25, 0.3) is 0 Å². The fourth-order valence-corrected chi connectivity index (χ4v) is 2.00. The predicted octanol–water partition coefficient (Wildman–Crippen LogP) is 2.82. The zero-order valence-corrected chi connectivity index (χ0v) is 10.6. The minimum Gasteiger partial charge on any atom is -0.399 e. The highest BCUT2D eigenvalue weighted by Crippen LogP contribution is 2.22. The van der Waals surface area contributed by atoms with Crippen LogP contribution in [0.4, 0.5) is 5.69 Å². The summed E-state index contributed by atoms with van der Waals surface area (Å²) in [6.45, 7) is 1.96. The second kappa shape index (κ2) is 4.57. The van der Waals surface area contributed by atoms with Gasteiger partial charge in [0.1, 0.15) is 0 Å². The first-order chi connectivity index (χ1) is 9.22. The number of benzene rings is 1. The van der Waals surface area contributed by atoms with E-state index in [-0.39, 0.29) is 0 Å². The van der Waals surface area contributed by atoms with E-state index in [4.69, 9.17) is 5.73 Å². The van der Waals surface area contributed by atoms with Crippen LogP contribution >= 0.6 is 0 Å². The Kier molecular flexibility index (Phi) is 2.76. The molecular weight excluding hydrogens is 236 g/mol. The molecule has 0 bridgehead atoms. The molecule has 0 aliphatic rings. The Morgan fingerprint density at radius 2 is 2.00 bits per heavy atom. The summed E-state index contributed by atoms with van der Waals surface area (Å²) >= 11 is 0. The van der Waals surface area contributed by atoms with E-state index < -0.39 is 0 Å². The van der Waals surface area contributed by atoms with Gasteiger partial charge in [-0.3, -0.25) is 4.98 Å². The monoisotopic (exact) mass is 250 g/mol. The number of pyridine rings is 1. The van der Waals surface area contributed by atoms with Crippen molar-refractivity contribution in [2.45, 2.75) is 6.92 Å². The highest BCUT2D eigenvalue weighted by Gasteiger charge is 2.04. The molecule has 4 nitrogen and oxygen atoms in total. The largest absolute Gasteiger partial charge is 0.399 e. The fraction of sp³-hybridized carbons (Fsp3) is 0.0667. The molecule has 0 fully saturated rings. The summed E-state index contributed by atoms with van der Waals surface area (Å²) in [6, 6.07) is 11.7. The number of nitrogens with zero attached hydrogens (tertiary/aromatic N) is 3. The number of anilines is 1. The van der Waals surface area contributed by atoms with Gasteiger partial charge >= 0.3 is 0 Å². The minimum absolute atomic E-state index is 0.755. The fourth-order valence-electron chi connectivity index (χ4n) is 2.00. The predicted molar refractivity (Wildman–Crippen MR) is 75.9 cm³/mol. The lowest BCUT2D eigenvalue weighted by Gasteiger charge is -2.01. The molecule has 0 amide bonds. The van der Waals surface area contributed by atoms with Crippen molar-refractivity contribution in [1.29, 1.82) is 0 Å². The summed E-state index contributed by atoms with van der Waals surface area (Å²) in [6.07, 6.45) is 5.61. The van der Waals surface area contributed by atoms with Gasteiger partial charge in [0.05, 0.1) is 11.9 Å². The van der Waals surface area contributed by atoms with Crippen LogP contribution in [0.5, 0.6) is 0 Å². The van der Waals surface area contributed by atoms with Crippen LogP contribution < -0.4 is 5.73 Å². The lowest BCUT2D eigenvalue weighted by Crippen LogP contribution is -1.95. The molecule has 2 aromatic heterocycles. The Balaban J connectivity index is 2.00. The van der Waals surface area contributed by atoms with Gasteiger partial charge in [-0.25, -0.2) is 4.68 Å². The van der Waals surface area contributed by atoms with Crippen molar-refractivity contribution in [2.24, 2.45) is 0 Å². The molecule has 19 heavy (non-hydrogen) atoms. The van der Waals surface area contributed by atoms with Crippen molar-refractivity contribution < 1.29 is 0 Å². The van der Waals surface area contributed by atoms with E-state index in [0.717, 1.165) is 28.2 Å². The number of aromatic nitrogens is 3. The number of nitrogen functional groups attached to an aromatic ring is 1. The smallest absolute Gasteiger partial charge is 0.0679 e. The van der Waals surface area contributed by atoms with Crippen molar-refractivity contribution >= 4 is 5.69 Å². The second-order valence-electron chi connectivity index (χ2n) is 4.45. The van der Waals surface area contributed by atoms with Crippen LogP contribution in [0.15, 0.2) is 55.0 Å². The molecule has 4 heteroatoms. The van der Waals surface area contributed by atoms with Gasteiger partial charge in [-0.15, -0.1) is 0 Å². The van der Waals surface area contributed by atoms with Crippen molar-refractivity contribution in [1.82, 2.24) is 14.8 Å². The van der Waals surface area contributed by atoms with E-state index in [2.05, 4.69) is 10.1 Å². The number of aryl methyl sites for hydroxylation is 1. The van der Waals surface area contributed by atoms with E-state index >= 15 is 0 Å². The molecule has 94 valence electrons. The van der Waals surface area contributed by atoms with Gasteiger partial charge in [0.15, 0.2) is 0 Å². The Morgan fingerprint density at radius 1 is 1.11 bits per heavy atom. The van der Waals surface area contributed by atoms with E-state index in [0.29, 0.717) is 0 Å². The van der Waals surface area contributed by atoms with Crippen LogP contribution in [0.1, 0.15) is 5.69 Å². The van der Waals surface area contributed by atoms with Gasteiger partial charge in [-0.2, -0.15) is 5.10 Å². The summed E-state index contributed by atoms with van der Waals surface area (Å²) in [4.78, 5) is 4.18. The van der Waals surface area contributed by atoms with Crippen LogP contribution in [0, 0.1) is 6.92 Å². The summed E-state index contributed by atoms with van der Waals surface area (Å²) in [5.74, 6) is 0. The molecule has 0 atom stereocenters. The summed E-state index contributed by atoms with van der Waals surface area (Å²) < 4.78 is 1.84. The van der Waals surface area contributed by atoms with Gasteiger partial charge in [-0.1, -0.05) is 12.1 Å². The first kappa shape index (κ1) is 11.5. The molecule has 1 aromatic carbocycles. The molecular formula is C15H14N4.